The van der Waals surface area contributed by atoms with E-state index in [9.17, 15) is 9.59 Å². The zero-order valence-corrected chi connectivity index (χ0v) is 5.40. The van der Waals surface area contributed by atoms with Crippen molar-refractivity contribution >= 4 is 5.91 Å². The topological polar surface area (TPSA) is 93.5 Å². The van der Waals surface area contributed by atoms with E-state index in [0.717, 1.165) is 12.3 Å². The van der Waals surface area contributed by atoms with E-state index in [1.807, 2.05) is 0 Å². The number of carbonyl (C=O) groups excluding carboxylic acids is 1. The number of hydrogen-bond donors (Lipinski definition) is 2. The van der Waals surface area contributed by atoms with Gasteiger partial charge in [0.1, 0.15) is 6.26 Å². The van der Waals surface area contributed by atoms with E-state index in [-0.39, 0.29) is 5.76 Å². The zero-order chi connectivity index (χ0) is 8.43. The summed E-state index contributed by atoms with van der Waals surface area (Å²) in [5.74, 6) is -1.66. The molecule has 1 aromatic rings. The highest BCUT2D eigenvalue weighted by molar-refractivity contribution is 5.89. The van der Waals surface area contributed by atoms with Gasteiger partial charge in [-0.15, -0.1) is 0 Å². The van der Waals surface area contributed by atoms with Crippen molar-refractivity contribution < 1.29 is 14.3 Å². The Hall–Kier alpha value is -1.78. The Morgan fingerprint density at radius 2 is 2.27 bits per heavy atom. The molecule has 1 rings (SSSR count). The van der Waals surface area contributed by atoms with Gasteiger partial charge in [-0.25, -0.2) is 0 Å². The molecular formula is C6H5NO4. The number of aromatic hydroxyl groups is 1. The summed E-state index contributed by atoms with van der Waals surface area (Å²) in [7, 11) is 0. The van der Waals surface area contributed by atoms with Crippen molar-refractivity contribution in [1.82, 2.24) is 0 Å². The number of hydrogen-bond acceptors (Lipinski definition) is 4. The molecule has 0 bridgehead atoms. The summed E-state index contributed by atoms with van der Waals surface area (Å²) in [5, 5.41) is 8.67. The molecule has 0 radical (unpaired) electrons. The van der Waals surface area contributed by atoms with Crippen LogP contribution in [0.15, 0.2) is 21.5 Å². The molecule has 58 valence electrons. The first-order valence-electron chi connectivity index (χ1n) is 2.73. The highest BCUT2D eigenvalue weighted by Gasteiger charge is 2.05. The van der Waals surface area contributed by atoms with Gasteiger partial charge in [-0.3, -0.25) is 9.59 Å². The summed E-state index contributed by atoms with van der Waals surface area (Å²) in [6, 6.07) is 0.831. The molecule has 0 fully saturated rings. The third-order valence-corrected chi connectivity index (χ3v) is 1.06. The van der Waals surface area contributed by atoms with Crippen molar-refractivity contribution in [2.75, 3.05) is 0 Å². The second-order valence-electron chi connectivity index (χ2n) is 1.86. The van der Waals surface area contributed by atoms with Crippen LogP contribution in [0.4, 0.5) is 0 Å². The van der Waals surface area contributed by atoms with Crippen LogP contribution in [0.3, 0.4) is 0 Å². The smallest absolute Gasteiger partial charge is 0.284 e. The molecule has 0 spiro atoms. The molecule has 0 saturated heterocycles. The third-order valence-electron chi connectivity index (χ3n) is 1.06. The standard InChI is InChI=1S/C6H5NO4/c7-6(10)5-1-3(8)4(9)2-11-5/h1-2,9H,(H2,7,10). The van der Waals surface area contributed by atoms with Gasteiger partial charge in [0.2, 0.25) is 5.43 Å². The van der Waals surface area contributed by atoms with Crippen molar-refractivity contribution in [2.45, 2.75) is 0 Å². The number of nitrogens with two attached hydrogens (primary N) is 1. The lowest BCUT2D eigenvalue weighted by molar-refractivity contribution is 0.0971. The maximum Gasteiger partial charge on any atom is 0.284 e. The molecule has 0 aliphatic heterocycles. The van der Waals surface area contributed by atoms with E-state index < -0.39 is 17.1 Å². The predicted molar refractivity (Wildman–Crippen MR) is 35.2 cm³/mol. The maximum atomic E-state index is 10.6. The summed E-state index contributed by atoms with van der Waals surface area (Å²) in [6.07, 6.45) is 0.766. The largest absolute Gasteiger partial charge is 0.502 e. The molecule has 3 N–H and O–H groups in total. The van der Waals surface area contributed by atoms with E-state index >= 15 is 0 Å². The van der Waals surface area contributed by atoms with Gasteiger partial charge < -0.3 is 15.3 Å². The molecule has 5 nitrogen and oxygen atoms in total. The van der Waals surface area contributed by atoms with E-state index in [2.05, 4.69) is 4.42 Å². The Bertz CT molecular complexity index is 341. The Kier molecular flexibility index (Phi) is 1.63. The summed E-state index contributed by atoms with van der Waals surface area (Å²) in [5.41, 5.74) is 4.09. The van der Waals surface area contributed by atoms with Crippen LogP contribution in [-0.4, -0.2) is 11.0 Å². The first kappa shape index (κ1) is 7.33. The van der Waals surface area contributed by atoms with Crippen LogP contribution in [0.1, 0.15) is 10.6 Å². The fourth-order valence-corrected chi connectivity index (χ4v) is 0.534. The average Bonchev–Trinajstić information content (AvgIpc) is 1.94. The van der Waals surface area contributed by atoms with Crippen LogP contribution < -0.4 is 11.2 Å². The van der Waals surface area contributed by atoms with Crippen LogP contribution in [0.25, 0.3) is 0 Å². The van der Waals surface area contributed by atoms with Gasteiger partial charge in [0.05, 0.1) is 0 Å². The Morgan fingerprint density at radius 3 is 2.73 bits per heavy atom. The molecule has 11 heavy (non-hydrogen) atoms. The Balaban J connectivity index is 3.26. The Labute approximate surface area is 61.1 Å². The first-order chi connectivity index (χ1) is 5.11. The average molecular weight is 155 g/mol. The fraction of sp³-hybridized carbons (Fsp3) is 0. The lowest BCUT2D eigenvalue weighted by atomic mass is 10.3. The minimum atomic E-state index is -0.845. The molecular weight excluding hydrogens is 150 g/mol. The molecule has 0 aromatic carbocycles. The first-order valence-corrected chi connectivity index (χ1v) is 2.73. The second kappa shape index (κ2) is 2.45. The quantitative estimate of drug-likeness (QED) is 0.568. The fourth-order valence-electron chi connectivity index (χ4n) is 0.534. The molecule has 1 amide bonds. The number of amides is 1. The van der Waals surface area contributed by atoms with Crippen LogP contribution in [0.5, 0.6) is 5.75 Å². The zero-order valence-electron chi connectivity index (χ0n) is 5.40. The predicted octanol–water partition coefficient (Wildman–Crippen LogP) is -0.556. The molecule has 0 saturated carbocycles. The van der Waals surface area contributed by atoms with E-state index in [1.165, 1.54) is 0 Å². The van der Waals surface area contributed by atoms with Crippen LogP contribution in [0, 0.1) is 0 Å². The van der Waals surface area contributed by atoms with Crippen molar-refractivity contribution in [2.24, 2.45) is 5.73 Å². The van der Waals surface area contributed by atoms with Crippen LogP contribution in [0.2, 0.25) is 0 Å². The van der Waals surface area contributed by atoms with Crippen molar-refractivity contribution in [3.8, 4) is 5.75 Å². The van der Waals surface area contributed by atoms with Gasteiger partial charge in [-0.05, 0) is 0 Å². The SMILES string of the molecule is NC(=O)c1cc(=O)c(O)co1. The highest BCUT2D eigenvalue weighted by Crippen LogP contribution is 2.01. The van der Waals surface area contributed by atoms with Crippen molar-refractivity contribution in [3.63, 3.8) is 0 Å². The molecule has 1 aromatic heterocycles. The second-order valence-corrected chi connectivity index (χ2v) is 1.86. The summed E-state index contributed by atoms with van der Waals surface area (Å²) in [4.78, 5) is 21.0. The minimum Gasteiger partial charge on any atom is -0.502 e. The molecule has 0 unspecified atom stereocenters. The Morgan fingerprint density at radius 1 is 1.64 bits per heavy atom. The normalized spacial score (nSPS) is 9.45. The van der Waals surface area contributed by atoms with Gasteiger partial charge in [0.25, 0.3) is 5.91 Å². The van der Waals surface area contributed by atoms with Crippen LogP contribution in [-0.2, 0) is 0 Å². The summed E-state index contributed by atoms with van der Waals surface area (Å²) in [6.45, 7) is 0. The minimum absolute atomic E-state index is 0.271. The molecule has 5 heteroatoms. The van der Waals surface area contributed by atoms with E-state index in [4.69, 9.17) is 10.8 Å². The van der Waals surface area contributed by atoms with E-state index in [0.29, 0.717) is 0 Å². The summed E-state index contributed by atoms with van der Waals surface area (Å²) < 4.78 is 4.48. The van der Waals surface area contributed by atoms with Crippen LogP contribution >= 0.6 is 0 Å². The lowest BCUT2D eigenvalue weighted by Crippen LogP contribution is -2.13. The van der Waals surface area contributed by atoms with Crippen molar-refractivity contribution in [3.05, 3.63) is 28.3 Å². The summed E-state index contributed by atoms with van der Waals surface area (Å²) >= 11 is 0. The number of carbonyl (C=O) groups is 1. The van der Waals surface area contributed by atoms with E-state index in [1.54, 1.807) is 0 Å². The van der Waals surface area contributed by atoms with Crippen molar-refractivity contribution in [1.29, 1.82) is 0 Å². The monoisotopic (exact) mass is 155 g/mol. The van der Waals surface area contributed by atoms with Gasteiger partial charge in [0.15, 0.2) is 11.5 Å². The number of rotatable bonds is 1. The van der Waals surface area contributed by atoms with Gasteiger partial charge in [0, 0.05) is 6.07 Å². The molecule has 0 aliphatic rings. The molecule has 1 heterocycles. The maximum absolute atomic E-state index is 10.6. The van der Waals surface area contributed by atoms with Gasteiger partial charge >= 0.3 is 0 Å². The van der Waals surface area contributed by atoms with Gasteiger partial charge in [-0.1, -0.05) is 0 Å². The number of primary amides is 1. The third kappa shape index (κ3) is 1.37. The lowest BCUT2D eigenvalue weighted by Gasteiger charge is -1.92. The van der Waals surface area contributed by atoms with Gasteiger partial charge in [-0.2, -0.15) is 0 Å². The molecule has 0 atom stereocenters. The molecule has 0 aliphatic carbocycles. The highest BCUT2D eigenvalue weighted by atomic mass is 16.4.